The summed E-state index contributed by atoms with van der Waals surface area (Å²) in [6.07, 6.45) is 0.310. The fourth-order valence-electron chi connectivity index (χ4n) is 1.93. The molecule has 0 N–H and O–H groups in total. The quantitative estimate of drug-likeness (QED) is 0.627. The smallest absolute Gasteiger partial charge is 0.333 e. The molecule has 2 rings (SSSR count). The van der Waals surface area contributed by atoms with Crippen molar-refractivity contribution < 1.29 is 9.53 Å². The van der Waals surface area contributed by atoms with Crippen LogP contribution in [0.2, 0.25) is 0 Å². The Morgan fingerprint density at radius 3 is 2.55 bits per heavy atom. The van der Waals surface area contributed by atoms with Gasteiger partial charge in [0, 0.05) is 6.42 Å². The highest BCUT2D eigenvalue weighted by atomic mass is 16.6. The van der Waals surface area contributed by atoms with Crippen molar-refractivity contribution in [3.63, 3.8) is 0 Å². The second-order valence-corrected chi connectivity index (χ2v) is 5.57. The van der Waals surface area contributed by atoms with E-state index < -0.39 is 17.6 Å². The monoisotopic (exact) mass is 275 g/mol. The molecule has 0 aromatic heterocycles. The minimum atomic E-state index is -0.790. The van der Waals surface area contributed by atoms with Crippen molar-refractivity contribution in [2.45, 2.75) is 38.8 Å². The highest BCUT2D eigenvalue weighted by Gasteiger charge is 2.37. The van der Waals surface area contributed by atoms with Crippen LogP contribution in [-0.4, -0.2) is 28.4 Å². The molecule has 1 heterocycles. The molecule has 1 aromatic rings. The van der Waals surface area contributed by atoms with E-state index in [0.29, 0.717) is 12.1 Å². The van der Waals surface area contributed by atoms with Crippen molar-refractivity contribution in [1.82, 2.24) is 5.12 Å². The Balaban J connectivity index is 2.15. The normalized spacial score (nSPS) is 18.6. The molecule has 20 heavy (non-hydrogen) atoms. The van der Waals surface area contributed by atoms with Crippen LogP contribution in [0.5, 0.6) is 0 Å². The van der Waals surface area contributed by atoms with E-state index in [9.17, 15) is 9.70 Å². The number of hydrogen-bond donors (Lipinski definition) is 0. The van der Waals surface area contributed by atoms with Crippen molar-refractivity contribution in [3.05, 3.63) is 40.8 Å². The Morgan fingerprint density at radius 1 is 1.35 bits per heavy atom. The number of hydrazone groups is 1. The van der Waals surface area contributed by atoms with Gasteiger partial charge in [-0.3, -0.25) is 0 Å². The molecule has 0 saturated carbocycles. The van der Waals surface area contributed by atoms with E-state index in [-0.39, 0.29) is 0 Å². The topological polar surface area (TPSA) is 71.3 Å². The van der Waals surface area contributed by atoms with E-state index in [0.717, 1.165) is 10.7 Å². The van der Waals surface area contributed by atoms with E-state index in [4.69, 9.17) is 4.74 Å². The van der Waals surface area contributed by atoms with Gasteiger partial charge in [-0.25, -0.2) is 4.79 Å². The van der Waals surface area contributed by atoms with Crippen molar-refractivity contribution in [1.29, 1.82) is 0 Å². The number of carbonyl (C=O) groups excluding carboxylic acids is 1. The summed E-state index contributed by atoms with van der Waals surface area (Å²) < 4.78 is 5.29. The lowest BCUT2D eigenvalue weighted by atomic mass is 10.0. The molecule has 0 spiro atoms. The summed E-state index contributed by atoms with van der Waals surface area (Å²) in [6.45, 7) is 5.33. The summed E-state index contributed by atoms with van der Waals surface area (Å²) in [7, 11) is 0. The van der Waals surface area contributed by atoms with E-state index in [1.807, 2.05) is 30.3 Å². The van der Waals surface area contributed by atoms with Gasteiger partial charge in [-0.05, 0) is 26.3 Å². The first-order valence-electron chi connectivity index (χ1n) is 6.39. The molecule has 0 aliphatic carbocycles. The molecule has 1 unspecified atom stereocenters. The van der Waals surface area contributed by atoms with Crippen molar-refractivity contribution >= 4 is 11.7 Å². The van der Waals surface area contributed by atoms with Gasteiger partial charge >= 0.3 is 5.97 Å². The molecule has 0 fully saturated rings. The lowest BCUT2D eigenvalue weighted by molar-refractivity contribution is -0.160. The molecular weight excluding hydrogens is 258 g/mol. The molecule has 0 radical (unpaired) electrons. The van der Waals surface area contributed by atoms with Crippen LogP contribution in [0.25, 0.3) is 0 Å². The van der Waals surface area contributed by atoms with Crippen molar-refractivity contribution in [3.8, 4) is 0 Å². The van der Waals surface area contributed by atoms with Crippen LogP contribution < -0.4 is 0 Å². The largest absolute Gasteiger partial charge is 0.458 e. The number of carbonyl (C=O) groups is 1. The van der Waals surface area contributed by atoms with E-state index >= 15 is 0 Å². The van der Waals surface area contributed by atoms with Crippen LogP contribution >= 0.6 is 0 Å². The minimum absolute atomic E-state index is 0.310. The average Bonchev–Trinajstić information content (AvgIpc) is 2.82. The van der Waals surface area contributed by atoms with Crippen LogP contribution in [-0.2, 0) is 9.53 Å². The zero-order valence-electron chi connectivity index (χ0n) is 11.7. The first-order valence-corrected chi connectivity index (χ1v) is 6.39. The zero-order chi connectivity index (χ0) is 14.8. The van der Waals surface area contributed by atoms with Gasteiger partial charge in [0.15, 0.2) is 6.04 Å². The molecule has 0 amide bonds. The molecule has 106 valence electrons. The number of rotatable bonds is 3. The summed E-state index contributed by atoms with van der Waals surface area (Å²) in [5.41, 5.74) is 0.912. The van der Waals surface area contributed by atoms with E-state index in [1.54, 1.807) is 20.8 Å². The Hall–Kier alpha value is -2.24. The maximum absolute atomic E-state index is 12.1. The summed E-state index contributed by atoms with van der Waals surface area (Å²) in [5.74, 6) is -0.494. The van der Waals surface area contributed by atoms with E-state index in [2.05, 4.69) is 10.4 Å². The van der Waals surface area contributed by atoms with Crippen LogP contribution in [0, 0.1) is 4.91 Å². The molecule has 0 saturated heterocycles. The highest BCUT2D eigenvalue weighted by molar-refractivity contribution is 6.04. The number of benzene rings is 1. The van der Waals surface area contributed by atoms with Crippen LogP contribution in [0.1, 0.15) is 32.8 Å². The summed E-state index contributed by atoms with van der Waals surface area (Å²) >= 11 is 0. The van der Waals surface area contributed by atoms with Crippen LogP contribution in [0.4, 0.5) is 0 Å². The van der Waals surface area contributed by atoms with Gasteiger partial charge in [-0.2, -0.15) is 5.10 Å². The third kappa shape index (κ3) is 3.20. The van der Waals surface area contributed by atoms with Gasteiger partial charge in [0.1, 0.15) is 5.60 Å². The average molecular weight is 275 g/mol. The van der Waals surface area contributed by atoms with Crippen molar-refractivity contribution in [2.24, 2.45) is 10.4 Å². The van der Waals surface area contributed by atoms with Gasteiger partial charge in [0.05, 0.1) is 11.0 Å². The highest BCUT2D eigenvalue weighted by Crippen LogP contribution is 2.23. The Bertz CT molecular complexity index is 534. The third-order valence-electron chi connectivity index (χ3n) is 2.76. The Labute approximate surface area is 117 Å². The summed E-state index contributed by atoms with van der Waals surface area (Å²) in [4.78, 5) is 22.9. The number of esters is 1. The summed E-state index contributed by atoms with van der Waals surface area (Å²) in [6, 6.07) is 8.59. The molecule has 1 aliphatic heterocycles. The molecule has 1 atom stereocenters. The lowest BCUT2D eigenvalue weighted by Crippen LogP contribution is -2.37. The first-order chi connectivity index (χ1) is 9.40. The minimum Gasteiger partial charge on any atom is -0.458 e. The van der Waals surface area contributed by atoms with Gasteiger partial charge in [0.2, 0.25) is 0 Å². The predicted molar refractivity (Wildman–Crippen MR) is 74.9 cm³/mol. The number of ether oxygens (including phenoxy) is 1. The SMILES string of the molecule is CC(C)(C)OC(=O)C1CC(c2ccccc2)=NN1N=O. The predicted octanol–water partition coefficient (Wildman–Crippen LogP) is 2.49. The van der Waals surface area contributed by atoms with E-state index in [1.165, 1.54) is 0 Å². The maximum atomic E-state index is 12.1. The molecule has 6 nitrogen and oxygen atoms in total. The lowest BCUT2D eigenvalue weighted by Gasteiger charge is -2.23. The summed E-state index contributed by atoms with van der Waals surface area (Å²) in [5, 5.41) is 7.76. The number of nitroso groups, excluding NO2 is 1. The van der Waals surface area contributed by atoms with Gasteiger partial charge in [-0.15, -0.1) is 10.0 Å². The Kier molecular flexibility index (Phi) is 3.83. The fraction of sp³-hybridized carbons (Fsp3) is 0.429. The fourth-order valence-corrected chi connectivity index (χ4v) is 1.93. The molecule has 1 aliphatic rings. The maximum Gasteiger partial charge on any atom is 0.333 e. The molecule has 1 aromatic carbocycles. The van der Waals surface area contributed by atoms with Crippen molar-refractivity contribution in [2.75, 3.05) is 0 Å². The second-order valence-electron chi connectivity index (χ2n) is 5.57. The van der Waals surface area contributed by atoms with Crippen LogP contribution in [0.15, 0.2) is 40.7 Å². The zero-order valence-corrected chi connectivity index (χ0v) is 11.7. The molecular formula is C14H17N3O3. The first kappa shape index (κ1) is 14.2. The van der Waals surface area contributed by atoms with Gasteiger partial charge < -0.3 is 4.74 Å². The third-order valence-corrected chi connectivity index (χ3v) is 2.76. The second kappa shape index (κ2) is 5.40. The molecule has 0 bridgehead atoms. The van der Waals surface area contributed by atoms with Gasteiger partial charge in [-0.1, -0.05) is 30.3 Å². The molecule has 6 heteroatoms. The van der Waals surface area contributed by atoms with Gasteiger partial charge in [0.25, 0.3) is 0 Å². The standard InChI is InChI=1S/C14H17N3O3/c1-14(2,3)20-13(18)12-9-11(15-17(12)16-19)10-7-5-4-6-8-10/h4-8,12H,9H2,1-3H3. The number of hydrogen-bond acceptors (Lipinski definition) is 5. The Morgan fingerprint density at radius 2 is 2.00 bits per heavy atom. The van der Waals surface area contributed by atoms with Crippen LogP contribution in [0.3, 0.4) is 0 Å². The number of nitrogens with zero attached hydrogens (tertiary/aromatic N) is 3.